The van der Waals surface area contributed by atoms with Crippen LogP contribution in [0.3, 0.4) is 0 Å². The highest BCUT2D eigenvalue weighted by Gasteiger charge is 2.38. The standard InChI is InChI=1S/C22H18BrF3/c1-12-9-18-14(5-3-7-20(18)22(24,25)26)16(12)11-17-13(2)10-19-15(17)6-4-8-21(19)23/h3-10,16-17H,11H2,1-2H3. The Hall–Kier alpha value is -1.81. The van der Waals surface area contributed by atoms with Crippen molar-refractivity contribution in [1.82, 2.24) is 0 Å². The Morgan fingerprint density at radius 2 is 1.38 bits per heavy atom. The molecule has 2 aliphatic carbocycles. The third-order valence-corrected chi connectivity index (χ3v) is 6.29. The highest BCUT2D eigenvalue weighted by atomic mass is 79.9. The van der Waals surface area contributed by atoms with E-state index in [0.29, 0.717) is 5.56 Å². The highest BCUT2D eigenvalue weighted by Crippen LogP contribution is 2.50. The van der Waals surface area contributed by atoms with Gasteiger partial charge in [-0.2, -0.15) is 13.2 Å². The first kappa shape index (κ1) is 17.6. The molecule has 0 saturated carbocycles. The molecule has 2 aliphatic rings. The molecule has 0 amide bonds. The van der Waals surface area contributed by atoms with E-state index in [1.54, 1.807) is 6.08 Å². The van der Waals surface area contributed by atoms with Gasteiger partial charge in [0.2, 0.25) is 0 Å². The zero-order chi connectivity index (χ0) is 18.6. The van der Waals surface area contributed by atoms with Crippen molar-refractivity contribution in [1.29, 1.82) is 0 Å². The smallest absolute Gasteiger partial charge is 0.166 e. The number of fused-ring (bicyclic) bond motifs is 2. The van der Waals surface area contributed by atoms with Gasteiger partial charge in [-0.3, -0.25) is 0 Å². The van der Waals surface area contributed by atoms with E-state index in [2.05, 4.69) is 35.0 Å². The molecule has 26 heavy (non-hydrogen) atoms. The largest absolute Gasteiger partial charge is 0.416 e. The topological polar surface area (TPSA) is 0 Å². The number of allylic oxidation sites excluding steroid dienone is 2. The van der Waals surface area contributed by atoms with Crippen LogP contribution in [0.5, 0.6) is 0 Å². The van der Waals surface area contributed by atoms with Gasteiger partial charge in [-0.05, 0) is 54.7 Å². The first-order valence-electron chi connectivity index (χ1n) is 8.62. The molecule has 0 radical (unpaired) electrons. The predicted molar refractivity (Wildman–Crippen MR) is 103 cm³/mol. The maximum absolute atomic E-state index is 13.4. The molecule has 2 aromatic rings. The van der Waals surface area contributed by atoms with Crippen molar-refractivity contribution >= 4 is 28.1 Å². The minimum atomic E-state index is -4.32. The van der Waals surface area contributed by atoms with Gasteiger partial charge in [0, 0.05) is 16.3 Å². The SMILES string of the molecule is CC1=Cc2c(Br)cccc2C1CC1C(C)=Cc2c1cccc2C(F)(F)F. The number of halogens is 4. The Morgan fingerprint density at radius 1 is 0.846 bits per heavy atom. The Bertz CT molecular complexity index is 950. The minimum Gasteiger partial charge on any atom is -0.166 e. The average Bonchev–Trinajstić information content (AvgIpc) is 3.05. The summed E-state index contributed by atoms with van der Waals surface area (Å²) >= 11 is 3.60. The Morgan fingerprint density at radius 3 is 2.00 bits per heavy atom. The van der Waals surface area contributed by atoms with Crippen LogP contribution in [0, 0.1) is 0 Å². The van der Waals surface area contributed by atoms with Crippen LogP contribution >= 0.6 is 15.9 Å². The van der Waals surface area contributed by atoms with E-state index in [4.69, 9.17) is 0 Å². The molecule has 2 aromatic carbocycles. The fourth-order valence-electron chi connectivity index (χ4n) is 4.31. The van der Waals surface area contributed by atoms with Crippen molar-refractivity contribution in [2.24, 2.45) is 0 Å². The van der Waals surface area contributed by atoms with E-state index < -0.39 is 11.7 Å². The Kier molecular flexibility index (Phi) is 4.14. The number of hydrogen-bond acceptors (Lipinski definition) is 0. The maximum atomic E-state index is 13.4. The third-order valence-electron chi connectivity index (χ3n) is 5.60. The van der Waals surface area contributed by atoms with Crippen molar-refractivity contribution < 1.29 is 13.2 Å². The number of hydrogen-bond donors (Lipinski definition) is 0. The Labute approximate surface area is 159 Å². The second-order valence-corrected chi connectivity index (χ2v) is 8.02. The summed E-state index contributed by atoms with van der Waals surface area (Å²) in [6, 6.07) is 10.7. The van der Waals surface area contributed by atoms with Crippen LogP contribution in [-0.2, 0) is 6.18 Å². The van der Waals surface area contributed by atoms with Crippen molar-refractivity contribution in [3.63, 3.8) is 0 Å². The van der Waals surface area contributed by atoms with Crippen LogP contribution in [0.1, 0.15) is 59.9 Å². The molecule has 0 N–H and O–H groups in total. The summed E-state index contributed by atoms with van der Waals surface area (Å²) in [7, 11) is 0. The molecular weight excluding hydrogens is 401 g/mol. The van der Waals surface area contributed by atoms with Crippen LogP contribution in [0.15, 0.2) is 52.0 Å². The summed E-state index contributed by atoms with van der Waals surface area (Å²) in [6.45, 7) is 4.05. The molecule has 2 atom stereocenters. The molecule has 0 nitrogen and oxygen atoms in total. The van der Waals surface area contributed by atoms with Gasteiger partial charge in [0.15, 0.2) is 0 Å². The fourth-order valence-corrected chi connectivity index (χ4v) is 4.81. The van der Waals surface area contributed by atoms with Crippen LogP contribution in [-0.4, -0.2) is 0 Å². The molecular formula is C22H18BrF3. The van der Waals surface area contributed by atoms with Crippen LogP contribution in [0.25, 0.3) is 12.2 Å². The lowest BCUT2D eigenvalue weighted by molar-refractivity contribution is -0.137. The van der Waals surface area contributed by atoms with E-state index in [1.807, 2.05) is 25.1 Å². The Balaban J connectivity index is 1.72. The molecule has 0 aromatic heterocycles. The fraction of sp³-hybridized carbons (Fsp3) is 0.273. The average molecular weight is 419 g/mol. The maximum Gasteiger partial charge on any atom is 0.416 e. The van der Waals surface area contributed by atoms with Gasteiger partial charge >= 0.3 is 6.18 Å². The van der Waals surface area contributed by atoms with Gasteiger partial charge < -0.3 is 0 Å². The first-order chi connectivity index (χ1) is 12.3. The van der Waals surface area contributed by atoms with Gasteiger partial charge in [0.05, 0.1) is 5.56 Å². The monoisotopic (exact) mass is 418 g/mol. The lowest BCUT2D eigenvalue weighted by Crippen LogP contribution is -2.10. The van der Waals surface area contributed by atoms with Crippen molar-refractivity contribution in [3.05, 3.63) is 79.8 Å². The molecule has 4 heteroatoms. The second kappa shape index (κ2) is 6.12. The molecule has 0 aliphatic heterocycles. The summed E-state index contributed by atoms with van der Waals surface area (Å²) in [6.07, 6.45) is 0.379. The quantitative estimate of drug-likeness (QED) is 0.471. The van der Waals surface area contributed by atoms with Crippen molar-refractivity contribution in [2.45, 2.75) is 38.3 Å². The van der Waals surface area contributed by atoms with Crippen LogP contribution in [0.2, 0.25) is 0 Å². The normalized spacial score (nSPS) is 21.3. The molecule has 2 unspecified atom stereocenters. The van der Waals surface area contributed by atoms with Gasteiger partial charge in [-0.15, -0.1) is 0 Å². The third kappa shape index (κ3) is 2.75. The molecule has 0 bridgehead atoms. The van der Waals surface area contributed by atoms with E-state index >= 15 is 0 Å². The van der Waals surface area contributed by atoms with Gasteiger partial charge in [0.25, 0.3) is 0 Å². The zero-order valence-electron chi connectivity index (χ0n) is 14.5. The van der Waals surface area contributed by atoms with Gasteiger partial charge in [-0.25, -0.2) is 0 Å². The first-order valence-corrected chi connectivity index (χ1v) is 9.41. The second-order valence-electron chi connectivity index (χ2n) is 7.17. The summed E-state index contributed by atoms with van der Waals surface area (Å²) in [5, 5.41) is 0. The van der Waals surface area contributed by atoms with Crippen LogP contribution < -0.4 is 0 Å². The molecule has 0 heterocycles. The van der Waals surface area contributed by atoms with Crippen LogP contribution in [0.4, 0.5) is 13.2 Å². The lowest BCUT2D eigenvalue weighted by Gasteiger charge is -2.22. The molecule has 0 fully saturated rings. The minimum absolute atomic E-state index is 0.0191. The summed E-state index contributed by atoms with van der Waals surface area (Å²) in [5.41, 5.74) is 5.33. The van der Waals surface area contributed by atoms with E-state index in [9.17, 15) is 13.2 Å². The van der Waals surface area contributed by atoms with Crippen molar-refractivity contribution in [2.75, 3.05) is 0 Å². The molecule has 4 rings (SSSR count). The van der Waals surface area contributed by atoms with E-state index in [0.717, 1.165) is 22.0 Å². The molecule has 0 saturated heterocycles. The predicted octanol–water partition coefficient (Wildman–Crippen LogP) is 7.56. The number of alkyl halides is 3. The van der Waals surface area contributed by atoms with Crippen molar-refractivity contribution in [3.8, 4) is 0 Å². The summed E-state index contributed by atoms with van der Waals surface area (Å²) in [4.78, 5) is 0. The highest BCUT2D eigenvalue weighted by molar-refractivity contribution is 9.10. The van der Waals surface area contributed by atoms with E-state index in [1.165, 1.54) is 28.8 Å². The lowest BCUT2D eigenvalue weighted by atomic mass is 9.82. The summed E-state index contributed by atoms with van der Waals surface area (Å²) in [5.74, 6) is 0.252. The van der Waals surface area contributed by atoms with Gasteiger partial charge in [-0.1, -0.05) is 63.5 Å². The zero-order valence-corrected chi connectivity index (χ0v) is 16.1. The summed E-state index contributed by atoms with van der Waals surface area (Å²) < 4.78 is 41.2. The molecule has 134 valence electrons. The van der Waals surface area contributed by atoms with Gasteiger partial charge in [0.1, 0.15) is 0 Å². The van der Waals surface area contributed by atoms with E-state index in [-0.39, 0.29) is 11.8 Å². The molecule has 0 spiro atoms. The number of rotatable bonds is 2. The number of benzene rings is 2.